The van der Waals surface area contributed by atoms with Gasteiger partial charge in [0.25, 0.3) is 0 Å². The fraction of sp³-hybridized carbons (Fsp3) is 0.222. The van der Waals surface area contributed by atoms with Crippen LogP contribution >= 0.6 is 0 Å². The summed E-state index contributed by atoms with van der Waals surface area (Å²) in [4.78, 5) is 4.04. The lowest BCUT2D eigenvalue weighted by molar-refractivity contribution is 0.284. The maximum Gasteiger partial charge on any atom is 0.114 e. The van der Waals surface area contributed by atoms with Crippen LogP contribution in [0.25, 0.3) is 0 Å². The molecule has 0 aliphatic carbocycles. The van der Waals surface area contributed by atoms with E-state index in [1.807, 2.05) is 12.3 Å². The van der Waals surface area contributed by atoms with Gasteiger partial charge in [0.05, 0.1) is 6.26 Å². The molecule has 0 amide bonds. The van der Waals surface area contributed by atoms with E-state index >= 15 is 0 Å². The summed E-state index contributed by atoms with van der Waals surface area (Å²) < 4.78 is 5.00. The Bertz CT molecular complexity index is 214. The van der Waals surface area contributed by atoms with Gasteiger partial charge in [-0.05, 0) is 0 Å². The molecule has 0 saturated heterocycles. The van der Waals surface area contributed by atoms with Crippen LogP contribution < -0.4 is 0 Å². The highest BCUT2D eigenvalue weighted by atomic mass is 16.5. The second-order valence-electron chi connectivity index (χ2n) is 2.15. The van der Waals surface area contributed by atoms with Crippen molar-refractivity contribution in [2.24, 2.45) is 4.99 Å². The zero-order valence-electron chi connectivity index (χ0n) is 6.36. The minimum atomic E-state index is 0.553. The third-order valence-corrected chi connectivity index (χ3v) is 1.29. The van der Waals surface area contributed by atoms with E-state index < -0.39 is 0 Å². The predicted octanol–water partition coefficient (Wildman–Crippen LogP) is 2.06. The monoisotopic (exact) mass is 149 g/mol. The lowest BCUT2D eigenvalue weighted by Gasteiger charge is -1.98. The molecular weight excluding hydrogens is 138 g/mol. The molecule has 0 aromatic carbocycles. The Balaban J connectivity index is 2.48. The third-order valence-electron chi connectivity index (χ3n) is 1.29. The molecule has 0 spiro atoms. The molecule has 11 heavy (non-hydrogen) atoms. The van der Waals surface area contributed by atoms with Crippen molar-refractivity contribution in [3.05, 3.63) is 36.8 Å². The first-order valence-electron chi connectivity index (χ1n) is 3.53. The molecule has 0 radical (unpaired) electrons. The van der Waals surface area contributed by atoms with Gasteiger partial charge in [-0.1, -0.05) is 18.7 Å². The molecule has 0 aromatic heterocycles. The summed E-state index contributed by atoms with van der Waals surface area (Å²) in [6.07, 6.45) is 10.0. The smallest absolute Gasteiger partial charge is 0.114 e. The number of rotatable bonds is 3. The van der Waals surface area contributed by atoms with Crippen LogP contribution in [0.3, 0.4) is 0 Å². The van der Waals surface area contributed by atoms with E-state index in [0.29, 0.717) is 6.61 Å². The minimum Gasteiger partial charge on any atom is -0.497 e. The summed E-state index contributed by atoms with van der Waals surface area (Å²) in [6, 6.07) is 0. The molecule has 1 rings (SSSR count). The average molecular weight is 149 g/mol. The van der Waals surface area contributed by atoms with Crippen molar-refractivity contribution >= 4 is 6.21 Å². The van der Waals surface area contributed by atoms with Crippen LogP contribution in [0.5, 0.6) is 0 Å². The fourth-order valence-electron chi connectivity index (χ4n) is 0.773. The highest BCUT2D eigenvalue weighted by Crippen LogP contribution is 2.02. The summed E-state index contributed by atoms with van der Waals surface area (Å²) in [5.41, 5.74) is 1.07. The lowest BCUT2D eigenvalue weighted by Crippen LogP contribution is -1.88. The van der Waals surface area contributed by atoms with Crippen molar-refractivity contribution < 1.29 is 4.74 Å². The van der Waals surface area contributed by atoms with Crippen LogP contribution in [0.2, 0.25) is 0 Å². The first kappa shape index (κ1) is 7.79. The maximum absolute atomic E-state index is 5.00. The van der Waals surface area contributed by atoms with Crippen molar-refractivity contribution in [3.8, 4) is 0 Å². The molecule has 0 saturated carbocycles. The Morgan fingerprint density at radius 1 is 1.73 bits per heavy atom. The van der Waals surface area contributed by atoms with Gasteiger partial charge >= 0.3 is 0 Å². The Morgan fingerprint density at radius 2 is 2.64 bits per heavy atom. The molecule has 58 valence electrons. The van der Waals surface area contributed by atoms with Gasteiger partial charge in [-0.2, -0.15) is 0 Å². The summed E-state index contributed by atoms with van der Waals surface area (Å²) >= 11 is 0. The number of aliphatic imine (C=N–C) groups is 1. The van der Waals surface area contributed by atoms with Crippen LogP contribution in [0, 0.1) is 0 Å². The molecule has 1 aliphatic rings. The van der Waals surface area contributed by atoms with E-state index in [0.717, 1.165) is 12.0 Å². The molecule has 0 aromatic rings. The third kappa shape index (κ3) is 2.85. The van der Waals surface area contributed by atoms with Gasteiger partial charge in [0, 0.05) is 24.4 Å². The highest BCUT2D eigenvalue weighted by molar-refractivity contribution is 5.61. The Kier molecular flexibility index (Phi) is 3.19. The van der Waals surface area contributed by atoms with Gasteiger partial charge in [0.15, 0.2) is 0 Å². The molecule has 0 N–H and O–H groups in total. The Morgan fingerprint density at radius 3 is 3.45 bits per heavy atom. The molecule has 0 unspecified atom stereocenters. The van der Waals surface area contributed by atoms with Crippen molar-refractivity contribution in [3.63, 3.8) is 0 Å². The van der Waals surface area contributed by atoms with Crippen LogP contribution in [0.4, 0.5) is 0 Å². The van der Waals surface area contributed by atoms with Crippen molar-refractivity contribution in [1.82, 2.24) is 0 Å². The number of hydrogen-bond donors (Lipinski definition) is 0. The average Bonchev–Trinajstić information content (AvgIpc) is 2.28. The Hall–Kier alpha value is -1.31. The van der Waals surface area contributed by atoms with Crippen molar-refractivity contribution in [1.29, 1.82) is 0 Å². The predicted molar refractivity (Wildman–Crippen MR) is 46.5 cm³/mol. The first-order valence-corrected chi connectivity index (χ1v) is 3.53. The van der Waals surface area contributed by atoms with Crippen LogP contribution in [0.15, 0.2) is 41.8 Å². The quantitative estimate of drug-likeness (QED) is 0.563. The summed E-state index contributed by atoms with van der Waals surface area (Å²) in [7, 11) is 0. The second-order valence-corrected chi connectivity index (χ2v) is 2.15. The molecule has 2 heteroatoms. The number of hydrogen-bond acceptors (Lipinski definition) is 2. The van der Waals surface area contributed by atoms with E-state index in [4.69, 9.17) is 4.74 Å². The molecule has 2 nitrogen and oxygen atoms in total. The fourth-order valence-corrected chi connectivity index (χ4v) is 0.773. The van der Waals surface area contributed by atoms with Crippen molar-refractivity contribution in [2.75, 3.05) is 6.61 Å². The van der Waals surface area contributed by atoms with E-state index in [9.17, 15) is 0 Å². The molecular formula is C9H11NO. The normalized spacial score (nSPS) is 15.5. The van der Waals surface area contributed by atoms with E-state index in [1.54, 1.807) is 6.20 Å². The number of allylic oxidation sites excluding steroid dienone is 1. The van der Waals surface area contributed by atoms with Gasteiger partial charge in [-0.15, -0.1) is 0 Å². The van der Waals surface area contributed by atoms with Gasteiger partial charge in [0.1, 0.15) is 6.61 Å². The molecule has 0 fully saturated rings. The van der Waals surface area contributed by atoms with Gasteiger partial charge in [0.2, 0.25) is 0 Å². The van der Waals surface area contributed by atoms with Crippen LogP contribution in [-0.4, -0.2) is 12.8 Å². The van der Waals surface area contributed by atoms with E-state index in [1.165, 1.54) is 6.26 Å². The SMILES string of the molecule is C=COCC1=CN=CCC=C1. The molecule has 0 bridgehead atoms. The van der Waals surface area contributed by atoms with Crippen LogP contribution in [0.1, 0.15) is 6.42 Å². The first-order chi connectivity index (χ1) is 5.43. The van der Waals surface area contributed by atoms with E-state index in [-0.39, 0.29) is 0 Å². The topological polar surface area (TPSA) is 21.6 Å². The number of nitrogens with zero attached hydrogens (tertiary/aromatic N) is 1. The minimum absolute atomic E-state index is 0.553. The Labute approximate surface area is 66.6 Å². The molecule has 0 atom stereocenters. The summed E-state index contributed by atoms with van der Waals surface area (Å²) in [5.74, 6) is 0. The standard InChI is InChI=1S/C9H11NO/c1-2-11-8-9-5-3-4-6-10-7-9/h2-3,5-7H,1,4,8H2. The van der Waals surface area contributed by atoms with Gasteiger partial charge in [-0.25, -0.2) is 0 Å². The second kappa shape index (κ2) is 4.50. The van der Waals surface area contributed by atoms with Crippen LogP contribution in [-0.2, 0) is 4.74 Å². The van der Waals surface area contributed by atoms with Gasteiger partial charge < -0.3 is 4.74 Å². The van der Waals surface area contributed by atoms with Gasteiger partial charge in [-0.3, -0.25) is 4.99 Å². The highest BCUT2D eigenvalue weighted by Gasteiger charge is 1.91. The number of ether oxygens (including phenoxy) is 1. The van der Waals surface area contributed by atoms with Crippen molar-refractivity contribution in [2.45, 2.75) is 6.42 Å². The summed E-state index contributed by atoms with van der Waals surface area (Å²) in [5, 5.41) is 0. The zero-order valence-corrected chi connectivity index (χ0v) is 6.36. The maximum atomic E-state index is 5.00. The molecule has 1 heterocycles. The summed E-state index contributed by atoms with van der Waals surface area (Å²) in [6.45, 7) is 4.01. The molecule has 1 aliphatic heterocycles. The zero-order chi connectivity index (χ0) is 7.94. The largest absolute Gasteiger partial charge is 0.497 e. The lowest BCUT2D eigenvalue weighted by atomic mass is 10.3. The van der Waals surface area contributed by atoms with E-state index in [2.05, 4.69) is 17.6 Å².